The van der Waals surface area contributed by atoms with Crippen LogP contribution in [0.5, 0.6) is 5.75 Å². The maximum absolute atomic E-state index is 13.2. The topological polar surface area (TPSA) is 35.2 Å². The van der Waals surface area contributed by atoms with Gasteiger partial charge in [0.2, 0.25) is 0 Å². The van der Waals surface area contributed by atoms with Crippen LogP contribution in [0.4, 0.5) is 4.39 Å². The molecular formula is C15H12ClFINO. The third-order valence-corrected chi connectivity index (χ3v) is 4.56. The molecule has 2 nitrogen and oxygen atoms in total. The van der Waals surface area contributed by atoms with Gasteiger partial charge in [0.05, 0.1) is 12.6 Å². The first-order chi connectivity index (χ1) is 9.56. The Morgan fingerprint density at radius 3 is 2.80 bits per heavy atom. The van der Waals surface area contributed by atoms with Crippen molar-refractivity contribution < 1.29 is 9.13 Å². The van der Waals surface area contributed by atoms with Gasteiger partial charge >= 0.3 is 0 Å². The summed E-state index contributed by atoms with van der Waals surface area (Å²) >= 11 is 8.24. The zero-order valence-corrected chi connectivity index (χ0v) is 13.4. The molecule has 2 aromatic carbocycles. The number of hydrogen-bond donors (Lipinski definition) is 1. The molecule has 20 heavy (non-hydrogen) atoms. The first kappa shape index (κ1) is 14.1. The summed E-state index contributed by atoms with van der Waals surface area (Å²) in [6, 6.07) is 7.97. The lowest BCUT2D eigenvalue weighted by atomic mass is 9.96. The highest BCUT2D eigenvalue weighted by molar-refractivity contribution is 14.1. The van der Waals surface area contributed by atoms with Crippen LogP contribution in [0.1, 0.15) is 22.7 Å². The molecule has 1 unspecified atom stereocenters. The largest absolute Gasteiger partial charge is 0.493 e. The minimum Gasteiger partial charge on any atom is -0.493 e. The van der Waals surface area contributed by atoms with E-state index in [0.29, 0.717) is 11.6 Å². The standard InChI is InChI=1S/C15H12ClFINO/c16-9-5-8-3-4-20-15(8)12(6-9)14(19)11-2-1-10(17)7-13(11)18/h1-2,5-7,14H,3-4,19H2. The molecule has 0 aromatic heterocycles. The summed E-state index contributed by atoms with van der Waals surface area (Å²) in [6.07, 6.45) is 0.843. The van der Waals surface area contributed by atoms with Crippen LogP contribution in [0.2, 0.25) is 5.02 Å². The van der Waals surface area contributed by atoms with Crippen LogP contribution in [0, 0.1) is 9.39 Å². The van der Waals surface area contributed by atoms with Crippen LogP contribution in [-0.2, 0) is 6.42 Å². The number of hydrogen-bond acceptors (Lipinski definition) is 2. The zero-order valence-electron chi connectivity index (χ0n) is 10.5. The van der Waals surface area contributed by atoms with Crippen molar-refractivity contribution in [2.24, 2.45) is 5.73 Å². The van der Waals surface area contributed by atoms with Gasteiger partial charge in [-0.3, -0.25) is 0 Å². The van der Waals surface area contributed by atoms with E-state index in [0.717, 1.165) is 32.4 Å². The van der Waals surface area contributed by atoms with Crippen molar-refractivity contribution in [2.75, 3.05) is 6.61 Å². The molecule has 3 rings (SSSR count). The molecule has 1 atom stereocenters. The Morgan fingerprint density at radius 1 is 1.25 bits per heavy atom. The normalized spacial score (nSPS) is 14.8. The first-order valence-corrected chi connectivity index (χ1v) is 7.67. The second kappa shape index (κ2) is 5.50. The van der Waals surface area contributed by atoms with Gasteiger partial charge in [-0.25, -0.2) is 4.39 Å². The Bertz CT molecular complexity index is 677. The summed E-state index contributed by atoms with van der Waals surface area (Å²) < 4.78 is 19.7. The molecule has 0 bridgehead atoms. The smallest absolute Gasteiger partial charge is 0.127 e. The second-order valence-corrected chi connectivity index (χ2v) is 6.32. The van der Waals surface area contributed by atoms with Crippen LogP contribution >= 0.6 is 34.2 Å². The summed E-state index contributed by atoms with van der Waals surface area (Å²) in [7, 11) is 0. The van der Waals surface area contributed by atoms with Crippen molar-refractivity contribution in [1.82, 2.24) is 0 Å². The van der Waals surface area contributed by atoms with Gasteiger partial charge < -0.3 is 10.5 Å². The van der Waals surface area contributed by atoms with Crippen molar-refractivity contribution in [3.8, 4) is 5.75 Å². The molecule has 0 aliphatic carbocycles. The molecule has 1 aliphatic rings. The van der Waals surface area contributed by atoms with Gasteiger partial charge in [0.1, 0.15) is 11.6 Å². The number of halogens is 3. The minimum absolute atomic E-state index is 0.266. The molecule has 0 spiro atoms. The Hall–Kier alpha value is -0.850. The maximum atomic E-state index is 13.2. The Kier molecular flexibility index (Phi) is 3.88. The van der Waals surface area contributed by atoms with Crippen LogP contribution < -0.4 is 10.5 Å². The monoisotopic (exact) mass is 403 g/mol. The fourth-order valence-corrected chi connectivity index (χ4v) is 3.51. The predicted molar refractivity (Wildman–Crippen MR) is 85.8 cm³/mol. The lowest BCUT2D eigenvalue weighted by Crippen LogP contribution is -2.14. The highest BCUT2D eigenvalue weighted by Crippen LogP contribution is 2.38. The van der Waals surface area contributed by atoms with E-state index in [2.05, 4.69) is 22.6 Å². The van der Waals surface area contributed by atoms with Gasteiger partial charge in [0.25, 0.3) is 0 Å². The average Bonchev–Trinajstić information content (AvgIpc) is 2.85. The molecule has 0 saturated heterocycles. The number of ether oxygens (including phenoxy) is 1. The highest BCUT2D eigenvalue weighted by atomic mass is 127. The van der Waals surface area contributed by atoms with E-state index in [1.54, 1.807) is 6.07 Å². The first-order valence-electron chi connectivity index (χ1n) is 6.22. The summed E-state index contributed by atoms with van der Waals surface area (Å²) in [5.74, 6) is 0.556. The molecule has 104 valence electrons. The summed E-state index contributed by atoms with van der Waals surface area (Å²) in [5.41, 5.74) is 9.15. The zero-order chi connectivity index (χ0) is 14.3. The fraction of sp³-hybridized carbons (Fsp3) is 0.200. The number of fused-ring (bicyclic) bond motifs is 1. The number of nitrogens with two attached hydrogens (primary N) is 1. The molecule has 0 radical (unpaired) electrons. The van der Waals surface area contributed by atoms with Gasteiger partial charge in [-0.05, 0) is 58.0 Å². The summed E-state index contributed by atoms with van der Waals surface area (Å²) in [5, 5.41) is 0.650. The van der Waals surface area contributed by atoms with Crippen LogP contribution in [0.3, 0.4) is 0 Å². The van der Waals surface area contributed by atoms with Gasteiger partial charge in [0.15, 0.2) is 0 Å². The third-order valence-electron chi connectivity index (χ3n) is 3.41. The maximum Gasteiger partial charge on any atom is 0.127 e. The van der Waals surface area contributed by atoms with E-state index in [9.17, 15) is 4.39 Å². The molecule has 2 N–H and O–H groups in total. The number of rotatable bonds is 2. The van der Waals surface area contributed by atoms with E-state index in [1.165, 1.54) is 12.1 Å². The van der Waals surface area contributed by atoms with E-state index in [1.807, 2.05) is 12.1 Å². The van der Waals surface area contributed by atoms with E-state index < -0.39 is 0 Å². The lowest BCUT2D eigenvalue weighted by molar-refractivity contribution is 0.352. The lowest BCUT2D eigenvalue weighted by Gasteiger charge is -2.18. The van der Waals surface area contributed by atoms with Crippen molar-refractivity contribution in [3.05, 3.63) is 61.4 Å². The third kappa shape index (κ3) is 2.52. The highest BCUT2D eigenvalue weighted by Gasteiger charge is 2.23. The van der Waals surface area contributed by atoms with Crippen molar-refractivity contribution in [3.63, 3.8) is 0 Å². The second-order valence-electron chi connectivity index (χ2n) is 4.73. The molecule has 1 heterocycles. The van der Waals surface area contributed by atoms with E-state index in [-0.39, 0.29) is 11.9 Å². The molecular weight excluding hydrogens is 392 g/mol. The summed E-state index contributed by atoms with van der Waals surface area (Å²) in [6.45, 7) is 0.649. The fourth-order valence-electron chi connectivity index (χ4n) is 2.45. The molecule has 5 heteroatoms. The quantitative estimate of drug-likeness (QED) is 0.767. The minimum atomic E-state index is -0.381. The molecule has 0 amide bonds. The Morgan fingerprint density at radius 2 is 2.05 bits per heavy atom. The molecule has 2 aromatic rings. The van der Waals surface area contributed by atoms with Gasteiger partial charge in [0, 0.05) is 20.6 Å². The Balaban J connectivity index is 2.09. The Labute approximate surface area is 135 Å². The van der Waals surface area contributed by atoms with E-state index in [4.69, 9.17) is 22.1 Å². The predicted octanol–water partition coefficient (Wildman–Crippen LogP) is 4.07. The number of benzene rings is 2. The molecule has 0 fully saturated rings. The van der Waals surface area contributed by atoms with Crippen LogP contribution in [0.25, 0.3) is 0 Å². The SMILES string of the molecule is NC(c1ccc(F)cc1I)c1cc(Cl)cc2c1OCC2. The molecule has 1 aliphatic heterocycles. The van der Waals surface area contributed by atoms with Crippen molar-refractivity contribution in [2.45, 2.75) is 12.5 Å². The van der Waals surface area contributed by atoms with Gasteiger partial charge in [-0.2, -0.15) is 0 Å². The van der Waals surface area contributed by atoms with Crippen molar-refractivity contribution >= 4 is 34.2 Å². The summed E-state index contributed by atoms with van der Waals surface area (Å²) in [4.78, 5) is 0. The van der Waals surface area contributed by atoms with Gasteiger partial charge in [-0.15, -0.1) is 0 Å². The van der Waals surface area contributed by atoms with Crippen LogP contribution in [-0.4, -0.2) is 6.61 Å². The molecule has 0 saturated carbocycles. The van der Waals surface area contributed by atoms with Crippen molar-refractivity contribution in [1.29, 1.82) is 0 Å². The average molecular weight is 404 g/mol. The van der Waals surface area contributed by atoms with E-state index >= 15 is 0 Å². The van der Waals surface area contributed by atoms with Crippen LogP contribution in [0.15, 0.2) is 30.3 Å². The van der Waals surface area contributed by atoms with Gasteiger partial charge in [-0.1, -0.05) is 17.7 Å².